The normalized spacial score (nSPS) is 12.1. The molecule has 228 valence electrons. The molecule has 44 heavy (non-hydrogen) atoms. The van der Waals surface area contributed by atoms with Gasteiger partial charge in [0.25, 0.3) is 0 Å². The van der Waals surface area contributed by atoms with E-state index >= 15 is 0 Å². The Balaban J connectivity index is 1.58. The van der Waals surface area contributed by atoms with E-state index in [4.69, 9.17) is 4.74 Å². The molecule has 3 heterocycles. The first-order valence-corrected chi connectivity index (χ1v) is 15.8. The van der Waals surface area contributed by atoms with Crippen LogP contribution < -0.4 is 4.74 Å². The number of hydrogen-bond donors (Lipinski definition) is 1. The topological polar surface area (TPSA) is 77.2 Å². The van der Waals surface area contributed by atoms with E-state index in [0.717, 1.165) is 61.0 Å². The van der Waals surface area contributed by atoms with E-state index in [9.17, 15) is 9.90 Å². The Kier molecular flexibility index (Phi) is 8.89. The van der Waals surface area contributed by atoms with Crippen molar-refractivity contribution in [1.29, 1.82) is 0 Å². The molecule has 5 aromatic rings. The van der Waals surface area contributed by atoms with E-state index < -0.39 is 11.4 Å². The van der Waals surface area contributed by atoms with E-state index in [-0.39, 0.29) is 4.75 Å². The molecule has 0 radical (unpaired) electrons. The number of fused-ring (bicyclic) bond motifs is 1. The van der Waals surface area contributed by atoms with Gasteiger partial charge in [0.05, 0.1) is 16.8 Å². The van der Waals surface area contributed by atoms with Crippen molar-refractivity contribution in [3.63, 3.8) is 0 Å². The smallest absolute Gasteiger partial charge is 0.309 e. The number of carboxylic acid groups (broad SMARTS) is 1. The monoisotopic (exact) mass is 607 g/mol. The van der Waals surface area contributed by atoms with Crippen molar-refractivity contribution in [1.82, 2.24) is 14.5 Å². The van der Waals surface area contributed by atoms with Crippen molar-refractivity contribution < 1.29 is 14.6 Å². The highest BCUT2D eigenvalue weighted by Crippen LogP contribution is 2.44. The van der Waals surface area contributed by atoms with E-state index in [0.29, 0.717) is 19.6 Å². The second-order valence-corrected chi connectivity index (χ2v) is 14.9. The minimum Gasteiger partial charge on any atom is -0.487 e. The lowest BCUT2D eigenvalue weighted by Gasteiger charge is -2.24. The summed E-state index contributed by atoms with van der Waals surface area (Å²) in [7, 11) is 0. The molecular weight excluding hydrogens is 566 g/mol. The summed E-state index contributed by atoms with van der Waals surface area (Å²) in [6.45, 7) is 15.2. The Morgan fingerprint density at radius 1 is 0.955 bits per heavy atom. The number of aryl methyl sites for hydroxylation is 2. The van der Waals surface area contributed by atoms with Crippen LogP contribution in [0.4, 0.5) is 0 Å². The van der Waals surface area contributed by atoms with Crippen molar-refractivity contribution >= 4 is 28.6 Å². The van der Waals surface area contributed by atoms with Crippen LogP contribution in [0.3, 0.4) is 0 Å². The van der Waals surface area contributed by atoms with Crippen LogP contribution in [0.1, 0.15) is 62.8 Å². The van der Waals surface area contributed by atoms with Crippen LogP contribution in [0.5, 0.6) is 5.75 Å². The first kappa shape index (κ1) is 31.3. The Bertz CT molecular complexity index is 1790. The SMILES string of the molecule is Cc1ccc(COc2ccc3c(c2)c(SC(C)(C)C)c(CC(C)(C)C(=O)O)n3Cc2ccc(-c3ccccn3)cc2)nc1C. The molecule has 3 aromatic heterocycles. The Labute approximate surface area is 264 Å². The number of ether oxygens (including phenoxy) is 1. The molecule has 0 saturated heterocycles. The van der Waals surface area contributed by atoms with E-state index in [1.807, 2.05) is 37.3 Å². The maximum Gasteiger partial charge on any atom is 0.309 e. The second-order valence-electron chi connectivity index (χ2n) is 13.0. The number of nitrogens with zero attached hydrogens (tertiary/aromatic N) is 3. The molecule has 0 aliphatic carbocycles. The Morgan fingerprint density at radius 3 is 2.34 bits per heavy atom. The summed E-state index contributed by atoms with van der Waals surface area (Å²) in [5.74, 6) is -0.0557. The van der Waals surface area contributed by atoms with E-state index in [1.165, 1.54) is 0 Å². The summed E-state index contributed by atoms with van der Waals surface area (Å²) in [5.41, 5.74) is 7.29. The minimum atomic E-state index is -0.948. The van der Waals surface area contributed by atoms with Crippen LogP contribution in [0, 0.1) is 19.3 Å². The van der Waals surface area contributed by atoms with Gasteiger partial charge in [-0.3, -0.25) is 14.8 Å². The van der Waals surface area contributed by atoms with Gasteiger partial charge >= 0.3 is 5.97 Å². The van der Waals surface area contributed by atoms with Crippen LogP contribution in [0.25, 0.3) is 22.2 Å². The van der Waals surface area contributed by atoms with Crippen LogP contribution in [0.2, 0.25) is 0 Å². The standard InChI is InChI=1S/C37H41N3O3S/c1-24-11-16-28(39-25(24)2)23-43-29-17-18-32-30(20-29)34(44-36(3,4)5)33(21-37(6,7)35(41)42)40(32)22-26-12-14-27(15-13-26)31-10-8-9-19-38-31/h8-20H,21-23H2,1-7H3,(H,41,42). The first-order valence-electron chi connectivity index (χ1n) is 14.9. The molecule has 6 nitrogen and oxygen atoms in total. The van der Waals surface area contributed by atoms with Crippen LogP contribution in [0.15, 0.2) is 83.9 Å². The van der Waals surface area contributed by atoms with Gasteiger partial charge in [0.15, 0.2) is 0 Å². The number of rotatable bonds is 10. The van der Waals surface area contributed by atoms with Gasteiger partial charge in [-0.1, -0.05) is 57.2 Å². The van der Waals surface area contributed by atoms with E-state index in [1.54, 1.807) is 31.8 Å². The second kappa shape index (κ2) is 12.5. The third-order valence-electron chi connectivity index (χ3n) is 7.74. The largest absolute Gasteiger partial charge is 0.487 e. The summed E-state index contributed by atoms with van der Waals surface area (Å²) in [6, 6.07) is 24.7. The third kappa shape index (κ3) is 7.16. The summed E-state index contributed by atoms with van der Waals surface area (Å²) in [5, 5.41) is 11.2. The van der Waals surface area contributed by atoms with Gasteiger partial charge < -0.3 is 14.4 Å². The maximum atomic E-state index is 12.4. The predicted octanol–water partition coefficient (Wildman–Crippen LogP) is 8.89. The molecule has 0 aliphatic heterocycles. The highest BCUT2D eigenvalue weighted by molar-refractivity contribution is 8.00. The number of pyridine rings is 2. The summed E-state index contributed by atoms with van der Waals surface area (Å²) < 4.78 is 8.46. The molecule has 0 atom stereocenters. The molecule has 0 unspecified atom stereocenters. The summed E-state index contributed by atoms with van der Waals surface area (Å²) in [4.78, 5) is 22.6. The molecule has 0 fully saturated rings. The van der Waals surface area contributed by atoms with Gasteiger partial charge in [-0.15, -0.1) is 11.8 Å². The molecule has 0 saturated carbocycles. The molecule has 2 aromatic carbocycles. The number of benzene rings is 2. The zero-order valence-corrected chi connectivity index (χ0v) is 27.5. The van der Waals surface area contributed by atoms with Crippen LogP contribution >= 0.6 is 11.8 Å². The average molecular weight is 608 g/mol. The number of carboxylic acids is 1. The van der Waals surface area contributed by atoms with Gasteiger partial charge in [0.2, 0.25) is 0 Å². The van der Waals surface area contributed by atoms with Gasteiger partial charge in [0, 0.05) is 56.7 Å². The number of thioether (sulfide) groups is 1. The quantitative estimate of drug-likeness (QED) is 0.160. The number of carbonyl (C=O) groups is 1. The molecule has 5 rings (SSSR count). The summed E-state index contributed by atoms with van der Waals surface area (Å²) >= 11 is 1.78. The molecule has 0 bridgehead atoms. The highest BCUT2D eigenvalue weighted by Gasteiger charge is 2.33. The third-order valence-corrected chi connectivity index (χ3v) is 9.01. The maximum absolute atomic E-state index is 12.4. The fraction of sp³-hybridized carbons (Fsp3) is 0.324. The van der Waals surface area contributed by atoms with Crippen molar-refractivity contribution in [3.05, 3.63) is 107 Å². The summed E-state index contributed by atoms with van der Waals surface area (Å²) in [6.07, 6.45) is 2.20. The van der Waals surface area contributed by atoms with Crippen molar-refractivity contribution in [2.24, 2.45) is 5.41 Å². The van der Waals surface area contributed by atoms with Gasteiger partial charge in [-0.25, -0.2) is 0 Å². The van der Waals surface area contributed by atoms with Crippen LogP contribution in [-0.4, -0.2) is 30.4 Å². The van der Waals surface area contributed by atoms with Gasteiger partial charge in [-0.05, 0) is 75.2 Å². The molecule has 0 aliphatic rings. The fourth-order valence-corrected chi connectivity index (χ4v) is 6.32. The Morgan fingerprint density at radius 2 is 1.70 bits per heavy atom. The average Bonchev–Trinajstić information content (AvgIpc) is 3.23. The predicted molar refractivity (Wildman–Crippen MR) is 179 cm³/mol. The van der Waals surface area contributed by atoms with Crippen molar-refractivity contribution in [2.75, 3.05) is 0 Å². The molecule has 0 spiro atoms. The fourth-order valence-electron chi connectivity index (χ4n) is 5.13. The van der Waals surface area contributed by atoms with Gasteiger partial charge in [-0.2, -0.15) is 0 Å². The lowest BCUT2D eigenvalue weighted by molar-refractivity contribution is -0.146. The first-order chi connectivity index (χ1) is 20.8. The zero-order valence-electron chi connectivity index (χ0n) is 26.6. The lowest BCUT2D eigenvalue weighted by Crippen LogP contribution is -2.28. The van der Waals surface area contributed by atoms with Crippen LogP contribution in [-0.2, 0) is 24.4 Å². The highest BCUT2D eigenvalue weighted by atomic mass is 32.2. The number of aliphatic carboxylic acids is 1. The number of aromatic nitrogens is 3. The molecular formula is C37H41N3O3S. The molecule has 7 heteroatoms. The minimum absolute atomic E-state index is 0.0915. The zero-order chi connectivity index (χ0) is 31.6. The lowest BCUT2D eigenvalue weighted by atomic mass is 9.88. The van der Waals surface area contributed by atoms with E-state index in [2.05, 4.69) is 84.7 Å². The van der Waals surface area contributed by atoms with Gasteiger partial charge in [0.1, 0.15) is 12.4 Å². The van der Waals surface area contributed by atoms with Crippen molar-refractivity contribution in [2.45, 2.75) is 77.7 Å². The molecule has 0 amide bonds. The van der Waals surface area contributed by atoms with Crippen molar-refractivity contribution in [3.8, 4) is 17.0 Å². The Hall–Kier alpha value is -4.10. The number of hydrogen-bond acceptors (Lipinski definition) is 5. The molecule has 1 N–H and O–H groups in total.